The van der Waals surface area contributed by atoms with E-state index in [0.717, 1.165) is 24.2 Å². The van der Waals surface area contributed by atoms with Crippen molar-refractivity contribution in [1.82, 2.24) is 9.80 Å². The summed E-state index contributed by atoms with van der Waals surface area (Å²) in [6.45, 7) is 9.95. The Hall–Kier alpha value is -0.160. The van der Waals surface area contributed by atoms with Gasteiger partial charge in [0.25, 0.3) is 0 Å². The molecule has 0 amide bonds. The maximum absolute atomic E-state index is 10.8. The van der Waals surface area contributed by atoms with Crippen LogP contribution in [0.25, 0.3) is 0 Å². The van der Waals surface area contributed by atoms with Crippen molar-refractivity contribution < 1.29 is 9.84 Å². The number of rotatable bonds is 1. The van der Waals surface area contributed by atoms with E-state index in [9.17, 15) is 5.11 Å². The topological polar surface area (TPSA) is 39.2 Å². The molecule has 4 saturated carbocycles. The van der Waals surface area contributed by atoms with Crippen molar-refractivity contribution in [2.75, 3.05) is 33.2 Å². The quantitative estimate of drug-likeness (QED) is 0.701. The number of hydrogen-bond donors (Lipinski definition) is 1. The molecule has 158 valence electrons. The molecule has 2 aliphatic heterocycles. The van der Waals surface area contributed by atoms with E-state index in [4.69, 9.17) is 4.74 Å². The zero-order valence-corrected chi connectivity index (χ0v) is 18.2. The molecule has 28 heavy (non-hydrogen) atoms. The van der Waals surface area contributed by atoms with Crippen LogP contribution < -0.4 is 0 Å². The Balaban J connectivity index is 1.36. The number of piperazine rings is 1. The Morgan fingerprint density at radius 3 is 2.50 bits per heavy atom. The van der Waals surface area contributed by atoms with Crippen LogP contribution >= 0.6 is 0 Å². The second-order valence-corrected chi connectivity index (χ2v) is 11.8. The first-order valence-corrected chi connectivity index (χ1v) is 12.2. The highest BCUT2D eigenvalue weighted by Crippen LogP contribution is 2.73. The Labute approximate surface area is 171 Å². The molecule has 9 atom stereocenters. The van der Waals surface area contributed by atoms with Crippen molar-refractivity contribution in [3.05, 3.63) is 0 Å². The van der Waals surface area contributed by atoms with Gasteiger partial charge in [0.15, 0.2) is 0 Å². The summed E-state index contributed by atoms with van der Waals surface area (Å²) in [5.74, 6) is 2.28. The molecule has 0 aromatic heterocycles. The van der Waals surface area contributed by atoms with Gasteiger partial charge in [0.05, 0.1) is 12.2 Å². The van der Waals surface area contributed by atoms with Gasteiger partial charge in [-0.05, 0) is 81.6 Å². The van der Waals surface area contributed by atoms with Crippen molar-refractivity contribution >= 4 is 0 Å². The number of aliphatic hydroxyl groups excluding tert-OH is 1. The molecule has 6 fully saturated rings. The van der Waals surface area contributed by atoms with Crippen LogP contribution in [0.1, 0.15) is 65.2 Å². The monoisotopic (exact) mass is 388 g/mol. The molecule has 0 radical (unpaired) electrons. The van der Waals surface area contributed by atoms with Gasteiger partial charge in [0, 0.05) is 37.6 Å². The van der Waals surface area contributed by atoms with Crippen molar-refractivity contribution in [3.63, 3.8) is 0 Å². The maximum atomic E-state index is 10.8. The molecule has 4 aliphatic carbocycles. The molecule has 1 spiro atoms. The van der Waals surface area contributed by atoms with E-state index in [1.54, 1.807) is 0 Å². The molecule has 0 aromatic carbocycles. The smallest absolute Gasteiger partial charge is 0.102 e. The van der Waals surface area contributed by atoms with Gasteiger partial charge in [-0.2, -0.15) is 0 Å². The summed E-state index contributed by atoms with van der Waals surface area (Å²) in [6, 6.07) is 0.698. The van der Waals surface area contributed by atoms with E-state index in [-0.39, 0.29) is 17.1 Å². The average molecular weight is 389 g/mol. The molecular formula is C24H40N2O2. The third-order valence-corrected chi connectivity index (χ3v) is 11.1. The van der Waals surface area contributed by atoms with Crippen LogP contribution in [0.2, 0.25) is 0 Å². The van der Waals surface area contributed by atoms with E-state index >= 15 is 0 Å². The predicted molar refractivity (Wildman–Crippen MR) is 110 cm³/mol. The Kier molecular flexibility index (Phi) is 3.96. The number of nitrogens with zero attached hydrogens (tertiary/aromatic N) is 2. The first-order chi connectivity index (χ1) is 13.4. The summed E-state index contributed by atoms with van der Waals surface area (Å²) in [7, 11) is 2.27. The highest BCUT2D eigenvalue weighted by Gasteiger charge is 2.77. The lowest BCUT2D eigenvalue weighted by Gasteiger charge is -2.62. The van der Waals surface area contributed by atoms with Gasteiger partial charge < -0.3 is 14.7 Å². The molecule has 6 rings (SSSR count). The standard InChI is InChI=1S/C24H40N2O2/c1-22-10-8-18-16(17(22)6-7-20(22)27)15-21-24(28-21)9-4-5-19(23(18,24)2)26-13-11-25(3)12-14-26/h16-21,27H,4-15H2,1-3H3/t16-,17-,18+,19?,20?,21?,22-,23-,24?/m0/s1. The second kappa shape index (κ2) is 5.96. The Morgan fingerprint density at radius 1 is 0.929 bits per heavy atom. The van der Waals surface area contributed by atoms with Gasteiger partial charge in [-0.15, -0.1) is 0 Å². The number of fused-ring (bicyclic) bond motifs is 4. The molecule has 4 nitrogen and oxygen atoms in total. The number of ether oxygens (including phenoxy) is 1. The SMILES string of the molecule is CN1CCN(C2CCCC34OC3C[C@@H]3[C@@H](CC[C@]5(C)C(O)CC[C@@H]35)[C@@]24C)CC1. The van der Waals surface area contributed by atoms with E-state index in [1.165, 1.54) is 71.1 Å². The van der Waals surface area contributed by atoms with Crippen LogP contribution in [-0.2, 0) is 4.74 Å². The minimum absolute atomic E-state index is 0.0714. The summed E-state index contributed by atoms with van der Waals surface area (Å²) in [5.41, 5.74) is 0.666. The molecule has 0 bridgehead atoms. The minimum Gasteiger partial charge on any atom is -0.393 e. The first kappa shape index (κ1) is 18.6. The molecular weight excluding hydrogens is 348 g/mol. The summed E-state index contributed by atoms with van der Waals surface area (Å²) in [5, 5.41) is 10.8. The summed E-state index contributed by atoms with van der Waals surface area (Å²) < 4.78 is 6.72. The molecule has 2 heterocycles. The number of aliphatic hydroxyl groups is 1. The van der Waals surface area contributed by atoms with E-state index in [2.05, 4.69) is 30.7 Å². The van der Waals surface area contributed by atoms with Crippen LogP contribution in [0.4, 0.5) is 0 Å². The summed E-state index contributed by atoms with van der Waals surface area (Å²) in [4.78, 5) is 5.35. The fourth-order valence-corrected chi connectivity index (χ4v) is 9.40. The van der Waals surface area contributed by atoms with E-state index in [0.29, 0.717) is 17.6 Å². The third-order valence-electron chi connectivity index (χ3n) is 11.1. The molecule has 2 saturated heterocycles. The highest BCUT2D eigenvalue weighted by atomic mass is 16.6. The van der Waals surface area contributed by atoms with Crippen LogP contribution in [0, 0.1) is 28.6 Å². The molecule has 0 aromatic rings. The van der Waals surface area contributed by atoms with E-state index in [1.807, 2.05) is 0 Å². The Morgan fingerprint density at radius 2 is 1.71 bits per heavy atom. The number of likely N-dealkylation sites (N-methyl/N-ethyl adjacent to an activating group) is 1. The predicted octanol–water partition coefficient (Wildman–Crippen LogP) is 3.14. The van der Waals surface area contributed by atoms with Crippen molar-refractivity contribution in [2.24, 2.45) is 28.6 Å². The van der Waals surface area contributed by atoms with Gasteiger partial charge in [-0.3, -0.25) is 4.90 Å². The van der Waals surface area contributed by atoms with Crippen LogP contribution in [0.15, 0.2) is 0 Å². The van der Waals surface area contributed by atoms with Gasteiger partial charge in [0.1, 0.15) is 5.60 Å². The number of epoxide rings is 1. The third kappa shape index (κ3) is 2.16. The second-order valence-electron chi connectivity index (χ2n) is 11.8. The van der Waals surface area contributed by atoms with Gasteiger partial charge >= 0.3 is 0 Å². The van der Waals surface area contributed by atoms with Crippen molar-refractivity contribution in [3.8, 4) is 0 Å². The summed E-state index contributed by atoms with van der Waals surface area (Å²) >= 11 is 0. The fraction of sp³-hybridized carbons (Fsp3) is 1.00. The minimum atomic E-state index is -0.0714. The molecule has 4 heteroatoms. The maximum Gasteiger partial charge on any atom is 0.102 e. The van der Waals surface area contributed by atoms with Crippen LogP contribution in [0.3, 0.4) is 0 Å². The Bertz CT molecular complexity index is 649. The fourth-order valence-electron chi connectivity index (χ4n) is 9.40. The lowest BCUT2D eigenvalue weighted by atomic mass is 9.43. The zero-order valence-electron chi connectivity index (χ0n) is 18.2. The van der Waals surface area contributed by atoms with E-state index < -0.39 is 0 Å². The van der Waals surface area contributed by atoms with Crippen LogP contribution in [0.5, 0.6) is 0 Å². The summed E-state index contributed by atoms with van der Waals surface area (Å²) in [6.07, 6.45) is 10.5. The van der Waals surface area contributed by atoms with Crippen LogP contribution in [-0.4, -0.2) is 72.0 Å². The molecule has 6 aliphatic rings. The molecule has 4 unspecified atom stereocenters. The molecule has 1 N–H and O–H groups in total. The first-order valence-electron chi connectivity index (χ1n) is 12.2. The lowest BCUT2D eigenvalue weighted by Crippen LogP contribution is -2.67. The van der Waals surface area contributed by atoms with Crippen molar-refractivity contribution in [2.45, 2.75) is 89.1 Å². The highest BCUT2D eigenvalue weighted by molar-refractivity contribution is 5.26. The van der Waals surface area contributed by atoms with Gasteiger partial charge in [-0.25, -0.2) is 0 Å². The average Bonchev–Trinajstić information content (AvgIpc) is 3.30. The zero-order chi connectivity index (χ0) is 19.3. The largest absolute Gasteiger partial charge is 0.393 e. The van der Waals surface area contributed by atoms with Gasteiger partial charge in [0.2, 0.25) is 0 Å². The normalized spacial score (nSPS) is 59.1. The number of hydrogen-bond acceptors (Lipinski definition) is 4. The van der Waals surface area contributed by atoms with Crippen molar-refractivity contribution in [1.29, 1.82) is 0 Å². The van der Waals surface area contributed by atoms with Gasteiger partial charge in [-0.1, -0.05) is 13.8 Å². The lowest BCUT2D eigenvalue weighted by molar-refractivity contribution is -0.144.